The Bertz CT molecular complexity index is 1120. The van der Waals surface area contributed by atoms with Gasteiger partial charge in [0.2, 0.25) is 0 Å². The number of ether oxygens (including phenoxy) is 1. The molecule has 1 N–H and O–H groups in total. The van der Waals surface area contributed by atoms with Crippen molar-refractivity contribution >= 4 is 17.2 Å². The number of aromatic nitrogens is 2. The summed E-state index contributed by atoms with van der Waals surface area (Å²) in [7, 11) is 1.70. The Morgan fingerprint density at radius 3 is 2.47 bits per heavy atom. The molecule has 5 nitrogen and oxygen atoms in total. The van der Waals surface area contributed by atoms with Crippen LogP contribution in [-0.4, -0.2) is 29.7 Å². The van der Waals surface area contributed by atoms with Crippen molar-refractivity contribution in [2.24, 2.45) is 4.99 Å². The van der Waals surface area contributed by atoms with Crippen LogP contribution in [-0.2, 0) is 0 Å². The van der Waals surface area contributed by atoms with Gasteiger partial charge in [-0.3, -0.25) is 4.99 Å². The number of methoxy groups -OCH3 is 1. The molecule has 0 saturated carbocycles. The minimum Gasteiger partial charge on any atom is -0.496 e. The van der Waals surface area contributed by atoms with Crippen LogP contribution in [0, 0.1) is 13.8 Å². The molecule has 0 amide bonds. The van der Waals surface area contributed by atoms with Crippen molar-refractivity contribution < 1.29 is 4.74 Å². The maximum atomic E-state index is 5.74. The Morgan fingerprint density at radius 2 is 1.83 bits per heavy atom. The van der Waals surface area contributed by atoms with Gasteiger partial charge in [0.25, 0.3) is 0 Å². The number of aliphatic imine (C=N–C) groups is 1. The second kappa shape index (κ2) is 15.9. The zero-order chi connectivity index (χ0) is 26.3. The molecule has 0 bridgehead atoms. The first-order valence-electron chi connectivity index (χ1n) is 12.9. The van der Waals surface area contributed by atoms with E-state index in [9.17, 15) is 0 Å². The zero-order valence-corrected chi connectivity index (χ0v) is 23.8. The molecular weight excluding hydrogens is 464 g/mol. The quantitative estimate of drug-likeness (QED) is 0.169. The van der Waals surface area contributed by atoms with Gasteiger partial charge in [0.1, 0.15) is 21.6 Å². The number of unbranched alkanes of at least 4 members (excludes halogenated alkanes) is 2. The molecule has 0 fully saturated rings. The van der Waals surface area contributed by atoms with E-state index in [2.05, 4.69) is 86.6 Å². The molecule has 0 saturated heterocycles. The zero-order valence-electron chi connectivity index (χ0n) is 23.0. The third-order valence-corrected chi connectivity index (χ3v) is 6.49. The molecule has 2 aromatic rings. The summed E-state index contributed by atoms with van der Waals surface area (Å²) in [4.78, 5) is 5.05. The molecule has 0 spiro atoms. The number of rotatable bonds is 13. The van der Waals surface area contributed by atoms with Gasteiger partial charge in [0.15, 0.2) is 0 Å². The standard InChI is InChI=1S/C30H42N4OS/c1-8-11-13-18-31-29(32-21-25(14-10-3)17-16-22(4)15-12-9-2)27-19-26(20-28(35-7)23(27)5)30-34-33-24(6)36-30/h13-20H,8-12,21H2,1-7H3,(H,31,32)/b17-16-,18-13+,22-15+,25-14-. The molecule has 194 valence electrons. The van der Waals surface area contributed by atoms with Crippen molar-refractivity contribution in [3.05, 3.63) is 76.0 Å². The average molecular weight is 507 g/mol. The molecule has 0 aliphatic rings. The number of benzene rings is 1. The van der Waals surface area contributed by atoms with Crippen LogP contribution in [0.5, 0.6) is 5.75 Å². The Morgan fingerprint density at radius 1 is 1.06 bits per heavy atom. The van der Waals surface area contributed by atoms with Crippen molar-refractivity contribution in [1.29, 1.82) is 0 Å². The van der Waals surface area contributed by atoms with Crippen molar-refractivity contribution in [2.75, 3.05) is 13.7 Å². The van der Waals surface area contributed by atoms with E-state index in [0.29, 0.717) is 6.54 Å². The molecular formula is C30H42N4OS. The minimum atomic E-state index is 0.583. The molecule has 0 atom stereocenters. The highest BCUT2D eigenvalue weighted by molar-refractivity contribution is 7.14. The highest BCUT2D eigenvalue weighted by atomic mass is 32.1. The third kappa shape index (κ3) is 9.23. The number of nitrogens with zero attached hydrogens (tertiary/aromatic N) is 3. The first-order chi connectivity index (χ1) is 17.4. The summed E-state index contributed by atoms with van der Waals surface area (Å²) in [5.74, 6) is 1.62. The van der Waals surface area contributed by atoms with Crippen LogP contribution in [0.4, 0.5) is 0 Å². The number of hydrogen-bond donors (Lipinski definition) is 1. The fourth-order valence-electron chi connectivity index (χ4n) is 3.58. The molecule has 0 unspecified atom stereocenters. The highest BCUT2D eigenvalue weighted by Crippen LogP contribution is 2.32. The second-order valence-electron chi connectivity index (χ2n) is 8.73. The van der Waals surface area contributed by atoms with E-state index < -0.39 is 0 Å². The van der Waals surface area contributed by atoms with E-state index in [0.717, 1.165) is 70.4 Å². The van der Waals surface area contributed by atoms with E-state index in [-0.39, 0.29) is 0 Å². The van der Waals surface area contributed by atoms with Gasteiger partial charge in [0.05, 0.1) is 13.7 Å². The number of aryl methyl sites for hydroxylation is 1. The van der Waals surface area contributed by atoms with Crippen LogP contribution in [0.3, 0.4) is 0 Å². The topological polar surface area (TPSA) is 59.4 Å². The Balaban J connectivity index is 2.49. The lowest BCUT2D eigenvalue weighted by Crippen LogP contribution is -2.21. The molecule has 1 aromatic carbocycles. The molecule has 0 aliphatic carbocycles. The van der Waals surface area contributed by atoms with Crippen molar-refractivity contribution in [2.45, 2.75) is 73.6 Å². The molecule has 36 heavy (non-hydrogen) atoms. The second-order valence-corrected chi connectivity index (χ2v) is 9.92. The molecule has 0 aliphatic heterocycles. The normalized spacial score (nSPS) is 13.2. The summed E-state index contributed by atoms with van der Waals surface area (Å²) in [6.07, 6.45) is 18.4. The summed E-state index contributed by atoms with van der Waals surface area (Å²) in [6.45, 7) is 13.3. The summed E-state index contributed by atoms with van der Waals surface area (Å²) < 4.78 is 5.74. The van der Waals surface area contributed by atoms with Gasteiger partial charge in [-0.05, 0) is 63.9 Å². The monoisotopic (exact) mass is 506 g/mol. The van der Waals surface area contributed by atoms with Crippen molar-refractivity contribution in [3.8, 4) is 16.3 Å². The summed E-state index contributed by atoms with van der Waals surface area (Å²) in [6, 6.07) is 4.16. The summed E-state index contributed by atoms with van der Waals surface area (Å²) in [5.41, 5.74) is 5.49. The highest BCUT2D eigenvalue weighted by Gasteiger charge is 2.15. The number of amidine groups is 1. The van der Waals surface area contributed by atoms with E-state index in [1.807, 2.05) is 19.2 Å². The van der Waals surface area contributed by atoms with Crippen LogP contribution < -0.4 is 10.1 Å². The number of nitrogens with one attached hydrogen (secondary N) is 1. The number of allylic oxidation sites excluding steroid dienone is 5. The van der Waals surface area contributed by atoms with Crippen LogP contribution >= 0.6 is 11.3 Å². The van der Waals surface area contributed by atoms with Crippen LogP contribution in [0.2, 0.25) is 0 Å². The van der Waals surface area contributed by atoms with Crippen molar-refractivity contribution in [3.63, 3.8) is 0 Å². The lowest BCUT2D eigenvalue weighted by molar-refractivity contribution is 0.412. The Kier molecular flexibility index (Phi) is 12.9. The predicted octanol–water partition coefficient (Wildman–Crippen LogP) is 8.12. The van der Waals surface area contributed by atoms with Gasteiger partial charge in [-0.25, -0.2) is 0 Å². The first-order valence-corrected chi connectivity index (χ1v) is 13.7. The predicted molar refractivity (Wildman–Crippen MR) is 156 cm³/mol. The van der Waals surface area contributed by atoms with Gasteiger partial charge in [-0.1, -0.05) is 80.9 Å². The fourth-order valence-corrected chi connectivity index (χ4v) is 4.25. The van der Waals surface area contributed by atoms with E-state index >= 15 is 0 Å². The fraction of sp³-hybridized carbons (Fsp3) is 0.433. The minimum absolute atomic E-state index is 0.583. The Hall–Kier alpha value is -2.99. The van der Waals surface area contributed by atoms with Gasteiger partial charge < -0.3 is 10.1 Å². The van der Waals surface area contributed by atoms with Gasteiger partial charge in [-0.15, -0.1) is 10.2 Å². The third-order valence-electron chi connectivity index (χ3n) is 5.60. The molecule has 2 rings (SSSR count). The van der Waals surface area contributed by atoms with Crippen LogP contribution in [0.25, 0.3) is 10.6 Å². The van der Waals surface area contributed by atoms with Crippen molar-refractivity contribution in [1.82, 2.24) is 15.5 Å². The molecule has 0 radical (unpaired) electrons. The molecule has 1 heterocycles. The first kappa shape index (κ1) is 29.2. The smallest absolute Gasteiger partial charge is 0.147 e. The van der Waals surface area contributed by atoms with Crippen LogP contribution in [0.15, 0.2) is 64.9 Å². The maximum Gasteiger partial charge on any atom is 0.147 e. The van der Waals surface area contributed by atoms with Gasteiger partial charge >= 0.3 is 0 Å². The van der Waals surface area contributed by atoms with Crippen LogP contribution in [0.1, 0.15) is 75.9 Å². The SMILES string of the molecule is CC/C=C(/C=C\C(C)=C\CCC)CN=C(N/C=C/CCC)c1cc(-c2nnc(C)s2)cc(OC)c1C. The van der Waals surface area contributed by atoms with E-state index in [1.165, 1.54) is 11.1 Å². The Labute approximate surface area is 221 Å². The average Bonchev–Trinajstić information content (AvgIpc) is 3.32. The molecule has 1 aromatic heterocycles. The summed E-state index contributed by atoms with van der Waals surface area (Å²) in [5, 5.41) is 13.8. The lowest BCUT2D eigenvalue weighted by Gasteiger charge is -2.15. The van der Waals surface area contributed by atoms with E-state index in [4.69, 9.17) is 9.73 Å². The lowest BCUT2D eigenvalue weighted by atomic mass is 10.0. The largest absolute Gasteiger partial charge is 0.496 e. The maximum absolute atomic E-state index is 5.74. The summed E-state index contributed by atoms with van der Waals surface area (Å²) >= 11 is 1.57. The molecule has 6 heteroatoms. The van der Waals surface area contributed by atoms with Gasteiger partial charge in [-0.2, -0.15) is 0 Å². The van der Waals surface area contributed by atoms with Gasteiger partial charge in [0, 0.05) is 16.7 Å². The number of hydrogen-bond acceptors (Lipinski definition) is 5. The van der Waals surface area contributed by atoms with E-state index in [1.54, 1.807) is 18.4 Å².